The van der Waals surface area contributed by atoms with E-state index in [1.54, 1.807) is 18.2 Å². The highest BCUT2D eigenvalue weighted by Crippen LogP contribution is 2.28. The fourth-order valence-corrected chi connectivity index (χ4v) is 2.67. The lowest BCUT2D eigenvalue weighted by atomic mass is 10.2. The minimum absolute atomic E-state index is 0.132. The van der Waals surface area contributed by atoms with Crippen molar-refractivity contribution in [3.8, 4) is 11.5 Å². The van der Waals surface area contributed by atoms with Crippen LogP contribution in [0.2, 0.25) is 15.1 Å². The van der Waals surface area contributed by atoms with E-state index in [1.165, 1.54) is 19.1 Å². The van der Waals surface area contributed by atoms with Gasteiger partial charge in [0.1, 0.15) is 11.5 Å². The molecule has 2 N–H and O–H groups in total. The van der Waals surface area contributed by atoms with Gasteiger partial charge in [0.15, 0.2) is 6.10 Å². The average Bonchev–Trinajstić information content (AvgIpc) is 2.62. The van der Waals surface area contributed by atoms with Crippen LogP contribution in [-0.2, 0) is 9.59 Å². The van der Waals surface area contributed by atoms with Gasteiger partial charge in [0.2, 0.25) is 0 Å². The van der Waals surface area contributed by atoms with Crippen molar-refractivity contribution >= 4 is 46.7 Å². The molecule has 2 aromatic carbocycles. The van der Waals surface area contributed by atoms with Crippen LogP contribution >= 0.6 is 34.8 Å². The summed E-state index contributed by atoms with van der Waals surface area (Å²) in [5.74, 6) is -0.779. The number of aryl methyl sites for hydroxylation is 1. The van der Waals surface area contributed by atoms with Gasteiger partial charge in [-0.3, -0.25) is 4.79 Å². The molecule has 1 unspecified atom stereocenters. The minimum atomic E-state index is -1.05. The van der Waals surface area contributed by atoms with E-state index < -0.39 is 18.0 Å². The Morgan fingerprint density at radius 2 is 1.59 bits per heavy atom. The van der Waals surface area contributed by atoms with Crippen LogP contribution in [0.4, 0.5) is 0 Å². The van der Waals surface area contributed by atoms with Gasteiger partial charge in [0.05, 0.1) is 11.6 Å². The number of aliphatic carboxylic acids is 2. The zero-order valence-corrected chi connectivity index (χ0v) is 18.1. The Labute approximate surface area is 183 Å². The third-order valence-corrected chi connectivity index (χ3v) is 4.24. The predicted molar refractivity (Wildman–Crippen MR) is 113 cm³/mol. The summed E-state index contributed by atoms with van der Waals surface area (Å²) >= 11 is 17.2. The molecule has 158 valence electrons. The van der Waals surface area contributed by atoms with Crippen LogP contribution in [0, 0.1) is 6.92 Å². The number of hydrogen-bond acceptors (Lipinski definition) is 4. The molecule has 0 amide bonds. The molecular formula is C20H21Cl3O6. The Kier molecular flexibility index (Phi) is 10.7. The van der Waals surface area contributed by atoms with Crippen LogP contribution in [0.5, 0.6) is 11.5 Å². The van der Waals surface area contributed by atoms with Gasteiger partial charge in [-0.15, -0.1) is 0 Å². The molecule has 0 aliphatic rings. The van der Waals surface area contributed by atoms with Gasteiger partial charge in [0.25, 0.3) is 0 Å². The highest BCUT2D eigenvalue weighted by molar-refractivity contribution is 6.35. The van der Waals surface area contributed by atoms with Crippen molar-refractivity contribution in [1.29, 1.82) is 0 Å². The predicted octanol–water partition coefficient (Wildman–Crippen LogP) is 5.74. The second-order valence-corrected chi connectivity index (χ2v) is 7.21. The molecule has 0 saturated carbocycles. The van der Waals surface area contributed by atoms with E-state index in [0.717, 1.165) is 11.3 Å². The van der Waals surface area contributed by atoms with Gasteiger partial charge >= 0.3 is 11.9 Å². The number of benzene rings is 2. The number of carbonyl (C=O) groups is 2. The average molecular weight is 464 g/mol. The zero-order chi connectivity index (χ0) is 22.0. The van der Waals surface area contributed by atoms with Crippen molar-refractivity contribution in [2.75, 3.05) is 6.61 Å². The van der Waals surface area contributed by atoms with E-state index in [9.17, 15) is 9.59 Å². The molecule has 0 saturated heterocycles. The summed E-state index contributed by atoms with van der Waals surface area (Å²) in [7, 11) is 0. The maximum absolute atomic E-state index is 10.5. The van der Waals surface area contributed by atoms with Gasteiger partial charge in [-0.05, 0) is 62.2 Å². The molecule has 0 radical (unpaired) electrons. The molecule has 1 atom stereocenters. The van der Waals surface area contributed by atoms with Crippen molar-refractivity contribution in [2.45, 2.75) is 32.8 Å². The monoisotopic (exact) mass is 462 g/mol. The van der Waals surface area contributed by atoms with Crippen LogP contribution in [-0.4, -0.2) is 34.9 Å². The topological polar surface area (TPSA) is 93.1 Å². The van der Waals surface area contributed by atoms with E-state index in [4.69, 9.17) is 54.5 Å². The van der Waals surface area contributed by atoms with Crippen LogP contribution < -0.4 is 9.47 Å². The SMILES string of the molecule is CC(Oc1ccc(Cl)cc1Cl)C(=O)O.Cc1cc(Cl)ccc1OCCCC(=O)O. The van der Waals surface area contributed by atoms with Gasteiger partial charge in [-0.2, -0.15) is 0 Å². The zero-order valence-electron chi connectivity index (χ0n) is 15.8. The van der Waals surface area contributed by atoms with Gasteiger partial charge in [-0.25, -0.2) is 4.79 Å². The smallest absolute Gasteiger partial charge is 0.344 e. The molecule has 0 aromatic heterocycles. The van der Waals surface area contributed by atoms with Crippen molar-refractivity contribution in [2.24, 2.45) is 0 Å². The second kappa shape index (κ2) is 12.4. The molecule has 9 heteroatoms. The van der Waals surface area contributed by atoms with Crippen LogP contribution in [0.3, 0.4) is 0 Å². The van der Waals surface area contributed by atoms with E-state index in [0.29, 0.717) is 33.8 Å². The maximum atomic E-state index is 10.5. The fraction of sp³-hybridized carbons (Fsp3) is 0.300. The summed E-state index contributed by atoms with van der Waals surface area (Å²) < 4.78 is 10.5. The van der Waals surface area contributed by atoms with Crippen molar-refractivity contribution < 1.29 is 29.3 Å². The van der Waals surface area contributed by atoms with Gasteiger partial charge in [0, 0.05) is 16.5 Å². The molecule has 0 aliphatic heterocycles. The number of carboxylic acid groups (broad SMARTS) is 2. The molecule has 6 nitrogen and oxygen atoms in total. The summed E-state index contributed by atoms with van der Waals surface area (Å²) in [6.45, 7) is 3.74. The van der Waals surface area contributed by atoms with Gasteiger partial charge < -0.3 is 19.7 Å². The standard InChI is InChI=1S/C11H13ClO3.C9H8Cl2O3/c1-8-7-9(12)4-5-10(8)15-6-2-3-11(13)14;1-5(9(12)13)14-8-3-2-6(10)4-7(8)11/h4-5,7H,2-3,6H2,1H3,(H,13,14);2-5H,1H3,(H,12,13). The summed E-state index contributed by atoms with van der Waals surface area (Å²) in [4.78, 5) is 20.7. The lowest BCUT2D eigenvalue weighted by Crippen LogP contribution is -2.22. The molecule has 0 fully saturated rings. The maximum Gasteiger partial charge on any atom is 0.344 e. The lowest BCUT2D eigenvalue weighted by Gasteiger charge is -2.11. The first-order valence-electron chi connectivity index (χ1n) is 8.55. The van der Waals surface area contributed by atoms with Crippen LogP contribution in [0.25, 0.3) is 0 Å². The number of rotatable bonds is 8. The highest BCUT2D eigenvalue weighted by Gasteiger charge is 2.14. The third kappa shape index (κ3) is 9.74. The third-order valence-electron chi connectivity index (χ3n) is 3.47. The number of hydrogen-bond donors (Lipinski definition) is 2. The van der Waals surface area contributed by atoms with E-state index in [-0.39, 0.29) is 6.42 Å². The van der Waals surface area contributed by atoms with E-state index in [1.807, 2.05) is 13.0 Å². The Morgan fingerprint density at radius 3 is 2.10 bits per heavy atom. The first-order chi connectivity index (χ1) is 13.6. The van der Waals surface area contributed by atoms with Gasteiger partial charge in [-0.1, -0.05) is 34.8 Å². The van der Waals surface area contributed by atoms with Crippen molar-refractivity contribution in [3.05, 3.63) is 57.0 Å². The van der Waals surface area contributed by atoms with Crippen LogP contribution in [0.1, 0.15) is 25.3 Å². The molecule has 2 aromatic rings. The molecule has 0 bridgehead atoms. The highest BCUT2D eigenvalue weighted by atomic mass is 35.5. The molecular weight excluding hydrogens is 443 g/mol. The molecule has 0 spiro atoms. The quantitative estimate of drug-likeness (QED) is 0.485. The summed E-state index contributed by atoms with van der Waals surface area (Å²) in [6, 6.07) is 9.96. The number of carboxylic acids is 2. The Bertz CT molecular complexity index is 841. The largest absolute Gasteiger partial charge is 0.493 e. The van der Waals surface area contributed by atoms with E-state index >= 15 is 0 Å². The molecule has 2 rings (SSSR count). The molecule has 0 aliphatic carbocycles. The second-order valence-electron chi connectivity index (χ2n) is 5.93. The molecule has 29 heavy (non-hydrogen) atoms. The summed E-state index contributed by atoms with van der Waals surface area (Å²) in [5, 5.41) is 18.5. The first kappa shape index (κ1) is 24.9. The minimum Gasteiger partial charge on any atom is -0.493 e. The first-order valence-corrected chi connectivity index (χ1v) is 9.68. The lowest BCUT2D eigenvalue weighted by molar-refractivity contribution is -0.144. The Balaban J connectivity index is 0.000000291. The van der Waals surface area contributed by atoms with Crippen molar-refractivity contribution in [3.63, 3.8) is 0 Å². The fourth-order valence-electron chi connectivity index (χ4n) is 1.99. The van der Waals surface area contributed by atoms with E-state index in [2.05, 4.69) is 0 Å². The Hall–Kier alpha value is -2.15. The van der Waals surface area contributed by atoms with Crippen LogP contribution in [0.15, 0.2) is 36.4 Å². The molecule has 0 heterocycles. The normalized spacial score (nSPS) is 11.1. The summed E-state index contributed by atoms with van der Waals surface area (Å²) in [5.41, 5.74) is 0.956. The number of halogens is 3. The Morgan fingerprint density at radius 1 is 1.00 bits per heavy atom. The summed E-state index contributed by atoms with van der Waals surface area (Å²) in [6.07, 6.45) is -0.294. The van der Waals surface area contributed by atoms with Crippen molar-refractivity contribution in [1.82, 2.24) is 0 Å². The number of ether oxygens (including phenoxy) is 2.